The van der Waals surface area contributed by atoms with Crippen LogP contribution in [0.2, 0.25) is 0 Å². The second-order valence-corrected chi connectivity index (χ2v) is 5.01. The largest absolute Gasteiger partial charge is 0.508 e. The van der Waals surface area contributed by atoms with Crippen LogP contribution in [0.3, 0.4) is 0 Å². The Bertz CT molecular complexity index is 569. The van der Waals surface area contributed by atoms with Gasteiger partial charge in [-0.2, -0.15) is 0 Å². The summed E-state index contributed by atoms with van der Waals surface area (Å²) in [4.78, 5) is 10.7. The van der Waals surface area contributed by atoms with Gasteiger partial charge in [0, 0.05) is 5.57 Å². The maximum Gasteiger partial charge on any atom is 0.333 e. The summed E-state index contributed by atoms with van der Waals surface area (Å²) in [6, 6.07) is 17.4. The molecule has 1 aliphatic heterocycles. The topological polar surface area (TPSA) is 79.3 Å². The van der Waals surface area contributed by atoms with Gasteiger partial charge >= 0.3 is 5.97 Å². The van der Waals surface area contributed by atoms with Crippen molar-refractivity contribution >= 4 is 5.97 Å². The van der Waals surface area contributed by atoms with Crippen molar-refractivity contribution in [2.45, 2.75) is 13.0 Å². The van der Waals surface area contributed by atoms with Gasteiger partial charge in [0.05, 0.1) is 6.61 Å². The number of carbonyl (C=O) groups excluding carboxylic acids is 1. The normalized spacial score (nSPS) is 14.1. The fourth-order valence-electron chi connectivity index (χ4n) is 1.31. The highest BCUT2D eigenvalue weighted by Crippen LogP contribution is 2.09. The molecule has 1 aliphatic rings. The molecule has 128 valence electrons. The SMILES string of the molecule is C=C(C)C(=O)OCC1CO1.Oc1ccccc1.Oc1ccccc1. The van der Waals surface area contributed by atoms with Crippen molar-refractivity contribution < 1.29 is 24.5 Å². The van der Waals surface area contributed by atoms with Crippen LogP contribution in [0.4, 0.5) is 0 Å². The number of hydrogen-bond donors (Lipinski definition) is 2. The Hall–Kier alpha value is -2.79. The lowest BCUT2D eigenvalue weighted by atomic mass is 10.3. The van der Waals surface area contributed by atoms with Crippen LogP contribution >= 0.6 is 0 Å². The van der Waals surface area contributed by atoms with Crippen molar-refractivity contribution in [2.75, 3.05) is 13.2 Å². The van der Waals surface area contributed by atoms with Gasteiger partial charge in [0.15, 0.2) is 0 Å². The first-order valence-corrected chi connectivity index (χ1v) is 7.41. The van der Waals surface area contributed by atoms with Crippen LogP contribution in [0.5, 0.6) is 11.5 Å². The molecule has 5 heteroatoms. The van der Waals surface area contributed by atoms with Crippen LogP contribution in [-0.4, -0.2) is 35.5 Å². The predicted molar refractivity (Wildman–Crippen MR) is 91.7 cm³/mol. The second-order valence-electron chi connectivity index (χ2n) is 5.01. The van der Waals surface area contributed by atoms with Crippen molar-refractivity contribution in [3.05, 3.63) is 72.8 Å². The van der Waals surface area contributed by atoms with Gasteiger partial charge in [0.1, 0.15) is 24.2 Å². The first-order valence-electron chi connectivity index (χ1n) is 7.41. The molecule has 2 aromatic carbocycles. The molecule has 0 aromatic heterocycles. The summed E-state index contributed by atoms with van der Waals surface area (Å²) >= 11 is 0. The highest BCUT2D eigenvalue weighted by atomic mass is 16.6. The van der Waals surface area contributed by atoms with Crippen molar-refractivity contribution in [3.8, 4) is 11.5 Å². The standard InChI is InChI=1S/C7H10O3.2C6H6O/c1-5(2)7(8)10-4-6-3-9-6;2*7-6-4-2-1-3-5-6/h6H,1,3-4H2,2H3;2*1-5,7H. The van der Waals surface area contributed by atoms with E-state index in [1.54, 1.807) is 55.5 Å². The average molecular weight is 330 g/mol. The van der Waals surface area contributed by atoms with Gasteiger partial charge in [0.25, 0.3) is 0 Å². The maximum absolute atomic E-state index is 10.7. The van der Waals surface area contributed by atoms with E-state index in [1.165, 1.54) is 0 Å². The number of para-hydroxylation sites is 2. The van der Waals surface area contributed by atoms with Gasteiger partial charge in [-0.3, -0.25) is 0 Å². The highest BCUT2D eigenvalue weighted by Gasteiger charge is 2.24. The smallest absolute Gasteiger partial charge is 0.333 e. The summed E-state index contributed by atoms with van der Waals surface area (Å²) in [6.45, 7) is 6.14. The number of ether oxygens (including phenoxy) is 2. The van der Waals surface area contributed by atoms with Gasteiger partial charge < -0.3 is 19.7 Å². The van der Waals surface area contributed by atoms with E-state index in [1.807, 2.05) is 12.1 Å². The van der Waals surface area contributed by atoms with Crippen LogP contribution in [0.1, 0.15) is 6.92 Å². The zero-order chi connectivity index (χ0) is 17.8. The Kier molecular flexibility index (Phi) is 8.71. The van der Waals surface area contributed by atoms with Gasteiger partial charge in [0.2, 0.25) is 0 Å². The summed E-state index contributed by atoms with van der Waals surface area (Å²) < 4.78 is 9.60. The Morgan fingerprint density at radius 2 is 1.50 bits per heavy atom. The molecule has 0 saturated carbocycles. The number of carbonyl (C=O) groups is 1. The third kappa shape index (κ3) is 10.0. The van der Waals surface area contributed by atoms with Crippen LogP contribution < -0.4 is 0 Å². The monoisotopic (exact) mass is 330 g/mol. The van der Waals surface area contributed by atoms with Gasteiger partial charge in [-0.15, -0.1) is 0 Å². The van der Waals surface area contributed by atoms with Crippen molar-refractivity contribution in [1.29, 1.82) is 0 Å². The summed E-state index contributed by atoms with van der Waals surface area (Å²) in [5, 5.41) is 17.3. The quantitative estimate of drug-likeness (QED) is 0.513. The molecule has 1 atom stereocenters. The molecule has 0 amide bonds. The summed E-state index contributed by atoms with van der Waals surface area (Å²) in [6.07, 6.45) is 0.142. The molecule has 1 heterocycles. The first kappa shape index (κ1) is 19.3. The number of phenolic OH excluding ortho intramolecular Hbond substituents is 2. The Morgan fingerprint density at radius 1 is 1.08 bits per heavy atom. The number of rotatable bonds is 3. The van der Waals surface area contributed by atoms with Crippen LogP contribution in [0, 0.1) is 0 Å². The van der Waals surface area contributed by atoms with E-state index < -0.39 is 0 Å². The molecule has 3 rings (SSSR count). The molecule has 2 aromatic rings. The Morgan fingerprint density at radius 3 is 1.75 bits per heavy atom. The summed E-state index contributed by atoms with van der Waals surface area (Å²) in [5.41, 5.74) is 0.431. The lowest BCUT2D eigenvalue weighted by molar-refractivity contribution is -0.139. The number of aromatic hydroxyl groups is 2. The number of benzene rings is 2. The van der Waals surface area contributed by atoms with Gasteiger partial charge in [-0.1, -0.05) is 43.0 Å². The minimum atomic E-state index is -0.337. The third-order valence-corrected chi connectivity index (χ3v) is 2.66. The number of epoxide rings is 1. The molecule has 0 aliphatic carbocycles. The van der Waals surface area contributed by atoms with Crippen molar-refractivity contribution in [2.24, 2.45) is 0 Å². The van der Waals surface area contributed by atoms with Crippen LogP contribution in [0.15, 0.2) is 72.8 Å². The summed E-state index contributed by atoms with van der Waals surface area (Å²) in [7, 11) is 0. The van der Waals surface area contributed by atoms with Crippen molar-refractivity contribution in [3.63, 3.8) is 0 Å². The molecule has 1 fully saturated rings. The lowest BCUT2D eigenvalue weighted by Crippen LogP contribution is -2.09. The minimum absolute atomic E-state index is 0.142. The zero-order valence-electron chi connectivity index (χ0n) is 13.6. The average Bonchev–Trinajstić information content (AvgIpc) is 3.39. The molecule has 1 unspecified atom stereocenters. The Balaban J connectivity index is 0.000000185. The third-order valence-electron chi connectivity index (χ3n) is 2.66. The lowest BCUT2D eigenvalue weighted by Gasteiger charge is -1.99. The Labute approximate surface area is 141 Å². The molecule has 0 spiro atoms. The van der Waals surface area contributed by atoms with E-state index in [4.69, 9.17) is 19.7 Å². The molecule has 1 saturated heterocycles. The van der Waals surface area contributed by atoms with E-state index in [2.05, 4.69) is 6.58 Å². The molecule has 0 radical (unpaired) electrons. The number of hydrogen-bond acceptors (Lipinski definition) is 5. The fourth-order valence-corrected chi connectivity index (χ4v) is 1.31. The second kappa shape index (κ2) is 10.9. The van der Waals surface area contributed by atoms with E-state index in [-0.39, 0.29) is 12.1 Å². The van der Waals surface area contributed by atoms with E-state index in [0.29, 0.717) is 30.3 Å². The summed E-state index contributed by atoms with van der Waals surface area (Å²) in [5.74, 6) is 0.306. The number of esters is 1. The molecule has 5 nitrogen and oxygen atoms in total. The van der Waals surface area contributed by atoms with Crippen LogP contribution in [-0.2, 0) is 14.3 Å². The molecular formula is C19H22O5. The van der Waals surface area contributed by atoms with Gasteiger partial charge in [-0.25, -0.2) is 4.79 Å². The minimum Gasteiger partial charge on any atom is -0.508 e. The van der Waals surface area contributed by atoms with E-state index in [9.17, 15) is 4.79 Å². The highest BCUT2D eigenvalue weighted by molar-refractivity contribution is 5.86. The fraction of sp³-hybridized carbons (Fsp3) is 0.211. The zero-order valence-corrected chi connectivity index (χ0v) is 13.6. The maximum atomic E-state index is 10.7. The van der Waals surface area contributed by atoms with Crippen LogP contribution in [0.25, 0.3) is 0 Å². The predicted octanol–water partition coefficient (Wildman–Crippen LogP) is 3.29. The van der Waals surface area contributed by atoms with Crippen molar-refractivity contribution in [1.82, 2.24) is 0 Å². The molecule has 2 N–H and O–H groups in total. The number of phenols is 2. The first-order chi connectivity index (χ1) is 11.5. The molecular weight excluding hydrogens is 308 g/mol. The van der Waals surface area contributed by atoms with E-state index >= 15 is 0 Å². The molecule has 24 heavy (non-hydrogen) atoms. The van der Waals surface area contributed by atoms with E-state index in [0.717, 1.165) is 0 Å². The molecule has 0 bridgehead atoms. The van der Waals surface area contributed by atoms with Gasteiger partial charge in [-0.05, 0) is 31.2 Å².